The highest BCUT2D eigenvalue weighted by molar-refractivity contribution is 5.88. The van der Waals surface area contributed by atoms with Crippen LogP contribution >= 0.6 is 0 Å². The monoisotopic (exact) mass is 289 g/mol. The van der Waals surface area contributed by atoms with Crippen LogP contribution in [0.2, 0.25) is 0 Å². The van der Waals surface area contributed by atoms with Crippen LogP contribution in [0.15, 0.2) is 24.4 Å². The lowest BCUT2D eigenvalue weighted by atomic mass is 10.2. The van der Waals surface area contributed by atoms with Gasteiger partial charge in [0.05, 0.1) is 25.5 Å². The maximum atomic E-state index is 10.9. The number of carboxylic acids is 1. The highest BCUT2D eigenvalue weighted by Crippen LogP contribution is 2.30. The molecular formula is C14H15N3O4. The van der Waals surface area contributed by atoms with Gasteiger partial charge in [-0.2, -0.15) is 0 Å². The third kappa shape index (κ3) is 3.19. The molecule has 0 spiro atoms. The second-order valence-electron chi connectivity index (χ2n) is 4.19. The number of hydrogen-bond acceptors (Lipinski definition) is 6. The van der Waals surface area contributed by atoms with Crippen molar-refractivity contribution in [1.82, 2.24) is 9.97 Å². The van der Waals surface area contributed by atoms with Crippen molar-refractivity contribution in [3.8, 4) is 11.5 Å². The summed E-state index contributed by atoms with van der Waals surface area (Å²) < 4.78 is 10.4. The highest BCUT2D eigenvalue weighted by Gasteiger charge is 2.11. The second-order valence-corrected chi connectivity index (χ2v) is 4.19. The molecule has 21 heavy (non-hydrogen) atoms. The smallest absolute Gasteiger partial charge is 0.339 e. The molecule has 0 radical (unpaired) electrons. The summed E-state index contributed by atoms with van der Waals surface area (Å²) in [6, 6.07) is 5.27. The number of rotatable bonds is 5. The van der Waals surface area contributed by atoms with E-state index in [4.69, 9.17) is 14.6 Å². The standard InChI is InChI=1S/C14H15N3O4/c1-8-10(13(18)19)7-15-14(16-8)17-9-4-5-11(20-2)12(6-9)21-3/h4-7H,1-3H3,(H,18,19)(H,15,16,17). The third-order valence-corrected chi connectivity index (χ3v) is 2.85. The fourth-order valence-corrected chi connectivity index (χ4v) is 1.78. The topological polar surface area (TPSA) is 93.6 Å². The first-order valence-electron chi connectivity index (χ1n) is 6.11. The Hall–Kier alpha value is -2.83. The summed E-state index contributed by atoms with van der Waals surface area (Å²) >= 11 is 0. The predicted octanol–water partition coefficient (Wildman–Crippen LogP) is 2.24. The van der Waals surface area contributed by atoms with E-state index in [1.807, 2.05) is 0 Å². The van der Waals surface area contributed by atoms with Crippen molar-refractivity contribution in [3.05, 3.63) is 35.7 Å². The number of nitrogens with one attached hydrogen (secondary N) is 1. The van der Waals surface area contributed by atoms with Crippen molar-refractivity contribution in [2.45, 2.75) is 6.92 Å². The molecule has 0 bridgehead atoms. The van der Waals surface area contributed by atoms with Gasteiger partial charge in [-0.05, 0) is 19.1 Å². The maximum Gasteiger partial charge on any atom is 0.339 e. The van der Waals surface area contributed by atoms with Crippen molar-refractivity contribution in [2.24, 2.45) is 0 Å². The largest absolute Gasteiger partial charge is 0.493 e. The first-order valence-corrected chi connectivity index (χ1v) is 6.11. The zero-order valence-electron chi connectivity index (χ0n) is 11.9. The maximum absolute atomic E-state index is 10.9. The van der Waals surface area contributed by atoms with Crippen molar-refractivity contribution in [3.63, 3.8) is 0 Å². The molecule has 0 saturated carbocycles. The Bertz CT molecular complexity index is 673. The molecule has 0 unspecified atom stereocenters. The predicted molar refractivity (Wildman–Crippen MR) is 76.6 cm³/mol. The van der Waals surface area contributed by atoms with E-state index in [-0.39, 0.29) is 5.56 Å². The van der Waals surface area contributed by atoms with Crippen LogP contribution in [-0.4, -0.2) is 35.3 Å². The fourth-order valence-electron chi connectivity index (χ4n) is 1.78. The Morgan fingerprint density at radius 3 is 2.52 bits per heavy atom. The SMILES string of the molecule is COc1ccc(Nc2ncc(C(=O)O)c(C)n2)cc1OC. The van der Waals surface area contributed by atoms with Gasteiger partial charge in [0, 0.05) is 18.0 Å². The van der Waals surface area contributed by atoms with Crippen molar-refractivity contribution < 1.29 is 19.4 Å². The van der Waals surface area contributed by atoms with Gasteiger partial charge >= 0.3 is 5.97 Å². The average molecular weight is 289 g/mol. The molecule has 2 rings (SSSR count). The number of carboxylic acid groups (broad SMARTS) is 1. The van der Waals surface area contributed by atoms with Crippen molar-refractivity contribution >= 4 is 17.6 Å². The molecule has 7 nitrogen and oxygen atoms in total. The molecule has 2 N–H and O–H groups in total. The summed E-state index contributed by atoms with van der Waals surface area (Å²) in [5.74, 6) is 0.442. The van der Waals surface area contributed by atoms with Gasteiger partial charge in [0.2, 0.25) is 5.95 Å². The zero-order valence-corrected chi connectivity index (χ0v) is 11.9. The summed E-state index contributed by atoms with van der Waals surface area (Å²) in [4.78, 5) is 19.0. The van der Waals surface area contributed by atoms with Gasteiger partial charge in [0.25, 0.3) is 0 Å². The van der Waals surface area contributed by atoms with Gasteiger partial charge in [-0.25, -0.2) is 14.8 Å². The minimum atomic E-state index is -1.05. The number of ether oxygens (including phenoxy) is 2. The van der Waals surface area contributed by atoms with E-state index in [0.717, 1.165) is 0 Å². The minimum absolute atomic E-state index is 0.0767. The highest BCUT2D eigenvalue weighted by atomic mass is 16.5. The van der Waals surface area contributed by atoms with Crippen LogP contribution in [0.1, 0.15) is 16.1 Å². The second kappa shape index (κ2) is 6.08. The number of benzene rings is 1. The van der Waals surface area contributed by atoms with Gasteiger partial charge in [-0.3, -0.25) is 0 Å². The number of nitrogens with zero attached hydrogens (tertiary/aromatic N) is 2. The Balaban J connectivity index is 2.26. The van der Waals surface area contributed by atoms with Crippen LogP contribution < -0.4 is 14.8 Å². The molecule has 0 aliphatic rings. The van der Waals surface area contributed by atoms with E-state index in [2.05, 4.69) is 15.3 Å². The fraction of sp³-hybridized carbons (Fsp3) is 0.214. The lowest BCUT2D eigenvalue weighted by Crippen LogP contribution is -2.06. The van der Waals surface area contributed by atoms with E-state index < -0.39 is 5.97 Å². The molecule has 1 heterocycles. The summed E-state index contributed by atoms with van der Waals surface area (Å²) in [5, 5.41) is 11.9. The molecule has 0 aliphatic carbocycles. The number of hydrogen-bond donors (Lipinski definition) is 2. The number of methoxy groups -OCH3 is 2. The van der Waals surface area contributed by atoms with Crippen LogP contribution in [0, 0.1) is 6.92 Å². The van der Waals surface area contributed by atoms with Gasteiger partial charge < -0.3 is 19.9 Å². The van der Waals surface area contributed by atoms with Crippen molar-refractivity contribution in [1.29, 1.82) is 0 Å². The van der Waals surface area contributed by atoms with Gasteiger partial charge in [-0.1, -0.05) is 0 Å². The minimum Gasteiger partial charge on any atom is -0.493 e. The Kier molecular flexibility index (Phi) is 4.22. The molecule has 0 fully saturated rings. The summed E-state index contributed by atoms with van der Waals surface area (Å²) in [6.07, 6.45) is 1.27. The van der Waals surface area contributed by atoms with E-state index in [9.17, 15) is 4.79 Å². The van der Waals surface area contributed by atoms with E-state index in [0.29, 0.717) is 28.8 Å². The number of aryl methyl sites for hydroxylation is 1. The van der Waals surface area contributed by atoms with Crippen LogP contribution in [-0.2, 0) is 0 Å². The number of carbonyl (C=O) groups is 1. The van der Waals surface area contributed by atoms with E-state index in [1.54, 1.807) is 39.3 Å². The van der Waals surface area contributed by atoms with E-state index in [1.165, 1.54) is 6.20 Å². The number of aromatic nitrogens is 2. The quantitative estimate of drug-likeness (QED) is 0.871. The first kappa shape index (κ1) is 14.6. The lowest BCUT2D eigenvalue weighted by Gasteiger charge is -2.11. The molecule has 1 aromatic carbocycles. The van der Waals surface area contributed by atoms with Crippen LogP contribution in [0.25, 0.3) is 0 Å². The molecule has 2 aromatic rings. The summed E-state index contributed by atoms with van der Waals surface area (Å²) in [6.45, 7) is 1.62. The molecule has 7 heteroatoms. The summed E-state index contributed by atoms with van der Waals surface area (Å²) in [5.41, 5.74) is 1.17. The normalized spacial score (nSPS) is 10.0. The number of aromatic carboxylic acids is 1. The van der Waals surface area contributed by atoms with E-state index >= 15 is 0 Å². The number of anilines is 2. The molecule has 0 aliphatic heterocycles. The average Bonchev–Trinajstić information content (AvgIpc) is 2.46. The van der Waals surface area contributed by atoms with Crippen LogP contribution in [0.4, 0.5) is 11.6 Å². The molecule has 0 saturated heterocycles. The van der Waals surface area contributed by atoms with Crippen molar-refractivity contribution in [2.75, 3.05) is 19.5 Å². The van der Waals surface area contributed by atoms with Gasteiger partial charge in [0.1, 0.15) is 0 Å². The molecule has 1 aromatic heterocycles. The Morgan fingerprint density at radius 2 is 1.95 bits per heavy atom. The summed E-state index contributed by atoms with van der Waals surface area (Å²) in [7, 11) is 3.10. The van der Waals surface area contributed by atoms with Crippen LogP contribution in [0.3, 0.4) is 0 Å². The van der Waals surface area contributed by atoms with Gasteiger partial charge in [-0.15, -0.1) is 0 Å². The van der Waals surface area contributed by atoms with Gasteiger partial charge in [0.15, 0.2) is 11.5 Å². The molecular weight excluding hydrogens is 274 g/mol. The molecule has 0 atom stereocenters. The Morgan fingerprint density at radius 1 is 1.24 bits per heavy atom. The zero-order chi connectivity index (χ0) is 15.4. The first-order chi connectivity index (χ1) is 10.0. The van der Waals surface area contributed by atoms with Crippen LogP contribution in [0.5, 0.6) is 11.5 Å². The lowest BCUT2D eigenvalue weighted by molar-refractivity contribution is 0.0695. The molecule has 110 valence electrons. The molecule has 0 amide bonds. The Labute approximate surface area is 121 Å². The third-order valence-electron chi connectivity index (χ3n) is 2.85.